The normalized spacial score (nSPS) is 20.4. The van der Waals surface area contributed by atoms with E-state index in [-0.39, 0.29) is 28.5 Å². The van der Waals surface area contributed by atoms with Crippen LogP contribution in [0.1, 0.15) is 25.7 Å². The highest BCUT2D eigenvalue weighted by atomic mass is 32.2. The van der Waals surface area contributed by atoms with Crippen LogP contribution in [0.25, 0.3) is 0 Å². The van der Waals surface area contributed by atoms with Gasteiger partial charge in [-0.25, -0.2) is 8.42 Å². The number of hydrogen-bond donors (Lipinski definition) is 1. The van der Waals surface area contributed by atoms with E-state index in [4.69, 9.17) is 9.47 Å². The van der Waals surface area contributed by atoms with Crippen LogP contribution in [-0.4, -0.2) is 77.0 Å². The second-order valence-corrected chi connectivity index (χ2v) is 9.69. The summed E-state index contributed by atoms with van der Waals surface area (Å²) in [5, 5.41) is 3.16. The number of piperidine rings is 2. The molecule has 0 saturated carbocycles. The van der Waals surface area contributed by atoms with Crippen molar-refractivity contribution in [2.45, 2.75) is 36.6 Å². The van der Waals surface area contributed by atoms with Crippen LogP contribution in [0.5, 0.6) is 11.5 Å². The Kier molecular flexibility index (Phi) is 7.02. The Morgan fingerprint density at radius 3 is 2.28 bits per heavy atom. The van der Waals surface area contributed by atoms with Crippen molar-refractivity contribution in [3.8, 4) is 11.5 Å². The van der Waals surface area contributed by atoms with E-state index >= 15 is 0 Å². The highest BCUT2D eigenvalue weighted by molar-refractivity contribution is 7.89. The van der Waals surface area contributed by atoms with Crippen molar-refractivity contribution in [3.63, 3.8) is 0 Å². The number of rotatable bonds is 6. The standard InChI is InChI=1S/C20H31N3O5S/c1-22-10-8-16(9-11-22)21-20(24)15-6-12-23(13-7-15)29(25,26)19-14-17(27-2)4-5-18(19)28-3/h4-5,14-16H,6-13H2,1-3H3,(H,21,24). The molecule has 0 aliphatic carbocycles. The molecule has 0 spiro atoms. The maximum absolute atomic E-state index is 13.1. The Hall–Kier alpha value is -1.84. The smallest absolute Gasteiger partial charge is 0.246 e. The fourth-order valence-corrected chi connectivity index (χ4v) is 5.60. The summed E-state index contributed by atoms with van der Waals surface area (Å²) in [6.45, 7) is 2.61. The molecule has 0 radical (unpaired) electrons. The second kappa shape index (κ2) is 9.32. The van der Waals surface area contributed by atoms with Gasteiger partial charge >= 0.3 is 0 Å². The van der Waals surface area contributed by atoms with E-state index in [1.54, 1.807) is 12.1 Å². The van der Waals surface area contributed by atoms with Gasteiger partial charge in [0, 0.05) is 31.1 Å². The van der Waals surface area contributed by atoms with Crippen LogP contribution in [0.4, 0.5) is 0 Å². The Morgan fingerprint density at radius 2 is 1.69 bits per heavy atom. The third-order valence-corrected chi connectivity index (χ3v) is 7.80. The molecule has 9 heteroatoms. The number of methoxy groups -OCH3 is 2. The van der Waals surface area contributed by atoms with E-state index in [1.165, 1.54) is 24.6 Å². The number of nitrogens with one attached hydrogen (secondary N) is 1. The van der Waals surface area contributed by atoms with Crippen molar-refractivity contribution in [2.24, 2.45) is 5.92 Å². The summed E-state index contributed by atoms with van der Waals surface area (Å²) in [5.41, 5.74) is 0. The van der Waals surface area contributed by atoms with Crippen molar-refractivity contribution >= 4 is 15.9 Å². The molecule has 29 heavy (non-hydrogen) atoms. The van der Waals surface area contributed by atoms with Gasteiger partial charge in [-0.05, 0) is 58.0 Å². The molecule has 2 saturated heterocycles. The van der Waals surface area contributed by atoms with Gasteiger partial charge in [-0.1, -0.05) is 0 Å². The molecule has 1 amide bonds. The SMILES string of the molecule is COc1ccc(OC)c(S(=O)(=O)N2CCC(C(=O)NC3CCN(C)CC3)CC2)c1. The van der Waals surface area contributed by atoms with Crippen molar-refractivity contribution < 1.29 is 22.7 Å². The molecule has 2 fully saturated rings. The summed E-state index contributed by atoms with van der Waals surface area (Å²) in [6, 6.07) is 4.96. The molecular formula is C20H31N3O5S. The first-order chi connectivity index (χ1) is 13.8. The number of sulfonamides is 1. The lowest BCUT2D eigenvalue weighted by Gasteiger charge is -2.33. The third kappa shape index (κ3) is 5.02. The number of carbonyl (C=O) groups excluding carboxylic acids is 1. The maximum Gasteiger partial charge on any atom is 0.246 e. The van der Waals surface area contributed by atoms with E-state index in [9.17, 15) is 13.2 Å². The van der Waals surface area contributed by atoms with Crippen molar-refractivity contribution in [2.75, 3.05) is 47.4 Å². The number of ether oxygens (including phenoxy) is 2. The molecule has 3 rings (SSSR count). The van der Waals surface area contributed by atoms with Gasteiger partial charge in [0.2, 0.25) is 15.9 Å². The second-order valence-electron chi connectivity index (χ2n) is 7.78. The zero-order valence-corrected chi connectivity index (χ0v) is 18.2. The maximum atomic E-state index is 13.1. The molecule has 1 aromatic carbocycles. The van der Waals surface area contributed by atoms with Crippen molar-refractivity contribution in [1.29, 1.82) is 0 Å². The largest absolute Gasteiger partial charge is 0.497 e. The molecule has 0 atom stereocenters. The van der Waals surface area contributed by atoms with Crippen LogP contribution < -0.4 is 14.8 Å². The molecule has 2 heterocycles. The number of nitrogens with zero attached hydrogens (tertiary/aromatic N) is 2. The van der Waals surface area contributed by atoms with E-state index < -0.39 is 10.0 Å². The van der Waals surface area contributed by atoms with Gasteiger partial charge < -0.3 is 19.7 Å². The number of hydrogen-bond acceptors (Lipinski definition) is 6. The molecule has 8 nitrogen and oxygen atoms in total. The van der Waals surface area contributed by atoms with Crippen molar-refractivity contribution in [1.82, 2.24) is 14.5 Å². The summed E-state index contributed by atoms with van der Waals surface area (Å²) in [7, 11) is 1.30. The highest BCUT2D eigenvalue weighted by Gasteiger charge is 2.34. The van der Waals surface area contributed by atoms with Gasteiger partial charge in [0.05, 0.1) is 14.2 Å². The van der Waals surface area contributed by atoms with E-state index in [0.29, 0.717) is 31.7 Å². The first kappa shape index (κ1) is 21.9. The van der Waals surface area contributed by atoms with Gasteiger partial charge in [0.15, 0.2) is 0 Å². The van der Waals surface area contributed by atoms with Crippen LogP contribution in [-0.2, 0) is 14.8 Å². The predicted molar refractivity (Wildman–Crippen MR) is 110 cm³/mol. The Balaban J connectivity index is 1.62. The minimum atomic E-state index is -3.73. The molecule has 2 aliphatic rings. The summed E-state index contributed by atoms with van der Waals surface area (Å²) in [6.07, 6.45) is 2.96. The van der Waals surface area contributed by atoms with E-state index in [1.807, 2.05) is 0 Å². The fourth-order valence-electron chi connectivity index (χ4n) is 3.95. The van der Waals surface area contributed by atoms with Crippen LogP contribution in [0.3, 0.4) is 0 Å². The third-order valence-electron chi connectivity index (χ3n) is 5.88. The molecular weight excluding hydrogens is 394 g/mol. The monoisotopic (exact) mass is 425 g/mol. The summed E-state index contributed by atoms with van der Waals surface area (Å²) in [4.78, 5) is 15.0. The fraction of sp³-hybridized carbons (Fsp3) is 0.650. The minimum absolute atomic E-state index is 0.0514. The van der Waals surface area contributed by atoms with Gasteiger partial charge in [-0.15, -0.1) is 0 Å². The topological polar surface area (TPSA) is 88.2 Å². The lowest BCUT2D eigenvalue weighted by Crippen LogP contribution is -2.48. The first-order valence-electron chi connectivity index (χ1n) is 10.1. The van der Waals surface area contributed by atoms with Crippen molar-refractivity contribution in [3.05, 3.63) is 18.2 Å². The zero-order chi connectivity index (χ0) is 21.0. The Bertz CT molecular complexity index is 813. The zero-order valence-electron chi connectivity index (χ0n) is 17.4. The van der Waals surface area contributed by atoms with Gasteiger partial charge in [0.25, 0.3) is 0 Å². The summed E-state index contributed by atoms with van der Waals surface area (Å²) in [5.74, 6) is 0.647. The number of likely N-dealkylation sites (tertiary alicyclic amines) is 1. The highest BCUT2D eigenvalue weighted by Crippen LogP contribution is 2.32. The van der Waals surface area contributed by atoms with E-state index in [0.717, 1.165) is 25.9 Å². The van der Waals surface area contributed by atoms with Crippen LogP contribution in [0.2, 0.25) is 0 Å². The molecule has 2 aliphatic heterocycles. The molecule has 0 bridgehead atoms. The predicted octanol–water partition coefficient (Wildman–Crippen LogP) is 1.31. The Morgan fingerprint density at radius 1 is 1.03 bits per heavy atom. The number of benzene rings is 1. The summed E-state index contributed by atoms with van der Waals surface area (Å²) >= 11 is 0. The summed E-state index contributed by atoms with van der Waals surface area (Å²) < 4.78 is 38.1. The lowest BCUT2D eigenvalue weighted by atomic mass is 9.96. The van der Waals surface area contributed by atoms with Gasteiger partial charge in [-0.3, -0.25) is 4.79 Å². The first-order valence-corrected chi connectivity index (χ1v) is 11.5. The average Bonchev–Trinajstić information content (AvgIpc) is 2.74. The number of amides is 1. The molecule has 0 unspecified atom stereocenters. The van der Waals surface area contributed by atoms with E-state index in [2.05, 4.69) is 17.3 Å². The Labute approximate surface area is 173 Å². The molecule has 1 aromatic rings. The lowest BCUT2D eigenvalue weighted by molar-refractivity contribution is -0.127. The average molecular weight is 426 g/mol. The molecule has 0 aromatic heterocycles. The quantitative estimate of drug-likeness (QED) is 0.740. The number of carbonyl (C=O) groups is 1. The van der Waals surface area contributed by atoms with Crippen LogP contribution >= 0.6 is 0 Å². The van der Waals surface area contributed by atoms with Crippen LogP contribution in [0.15, 0.2) is 23.1 Å². The molecule has 162 valence electrons. The van der Waals surface area contributed by atoms with Crippen LogP contribution in [0, 0.1) is 5.92 Å². The molecule has 1 N–H and O–H groups in total. The van der Waals surface area contributed by atoms with Gasteiger partial charge in [-0.2, -0.15) is 4.31 Å². The van der Waals surface area contributed by atoms with Gasteiger partial charge in [0.1, 0.15) is 16.4 Å². The minimum Gasteiger partial charge on any atom is -0.497 e.